The summed E-state index contributed by atoms with van der Waals surface area (Å²) < 4.78 is 26.4. The van der Waals surface area contributed by atoms with Crippen molar-refractivity contribution in [2.24, 2.45) is 0 Å². The van der Waals surface area contributed by atoms with Crippen molar-refractivity contribution in [1.82, 2.24) is 4.72 Å². The van der Waals surface area contributed by atoms with E-state index >= 15 is 0 Å². The van der Waals surface area contributed by atoms with Crippen molar-refractivity contribution in [3.63, 3.8) is 0 Å². The molecule has 0 unspecified atom stereocenters. The molecule has 22 heavy (non-hydrogen) atoms. The molecule has 0 spiro atoms. The normalized spacial score (nSPS) is 13.1. The van der Waals surface area contributed by atoms with Crippen molar-refractivity contribution >= 4 is 22.4 Å². The van der Waals surface area contributed by atoms with Crippen molar-refractivity contribution in [1.29, 1.82) is 0 Å². The summed E-state index contributed by atoms with van der Waals surface area (Å²) in [6, 6.07) is 17.6. The van der Waals surface area contributed by atoms with Gasteiger partial charge in [0.15, 0.2) is 0 Å². The largest absolute Gasteiger partial charge is 0.302 e. The predicted octanol–water partition coefficient (Wildman–Crippen LogP) is 2.39. The third-order valence-electron chi connectivity index (χ3n) is 3.02. The second-order valence-electron chi connectivity index (χ2n) is 4.81. The first kappa shape index (κ1) is 16.1. The summed E-state index contributed by atoms with van der Waals surface area (Å²) in [5, 5.41) is 1.07. The average Bonchev–Trinajstić information content (AvgIpc) is 2.54. The zero-order valence-corrected chi connectivity index (χ0v) is 12.7. The van der Waals surface area contributed by atoms with E-state index in [0.717, 1.165) is 16.5 Å². The van der Waals surface area contributed by atoms with Crippen molar-refractivity contribution in [3.8, 4) is 0 Å². The van der Waals surface area contributed by atoms with Crippen LogP contribution in [0.3, 0.4) is 0 Å². The lowest BCUT2D eigenvalue weighted by Gasteiger charge is -2.11. The molecule has 5 heteroatoms. The second-order valence-corrected chi connectivity index (χ2v) is 6.41. The van der Waals surface area contributed by atoms with Crippen LogP contribution in [0.5, 0.6) is 0 Å². The van der Waals surface area contributed by atoms with Crippen LogP contribution in [0.1, 0.15) is 11.1 Å². The molecule has 2 rings (SSSR count). The molecule has 2 aromatic rings. The molecular formula is C17H17NO3S. The minimum absolute atomic E-state index is 0.322. The number of carbonyl (C=O) groups excluding carboxylic acids is 1. The Bertz CT molecular complexity index is 725. The van der Waals surface area contributed by atoms with Gasteiger partial charge in [0.25, 0.3) is 0 Å². The number of nitrogens with one attached hydrogen (secondary N) is 1. The van der Waals surface area contributed by atoms with Gasteiger partial charge in [0, 0.05) is 5.41 Å². The fourth-order valence-corrected chi connectivity index (χ4v) is 2.94. The van der Waals surface area contributed by atoms with E-state index in [1.165, 1.54) is 6.08 Å². The van der Waals surface area contributed by atoms with Crippen LogP contribution in [0, 0.1) is 0 Å². The molecule has 0 heterocycles. The van der Waals surface area contributed by atoms with Gasteiger partial charge in [-0.05, 0) is 23.6 Å². The molecule has 0 amide bonds. The van der Waals surface area contributed by atoms with Gasteiger partial charge in [-0.25, -0.2) is 13.1 Å². The third-order valence-corrected chi connectivity index (χ3v) is 4.14. The van der Waals surface area contributed by atoms with E-state index in [-0.39, 0.29) is 0 Å². The Morgan fingerprint density at radius 3 is 2.14 bits per heavy atom. The lowest BCUT2D eigenvalue weighted by molar-refractivity contribution is -0.109. The minimum atomic E-state index is -3.67. The molecule has 0 aromatic heterocycles. The highest BCUT2D eigenvalue weighted by molar-refractivity contribution is 7.92. The maximum Gasteiger partial charge on any atom is 0.234 e. The van der Waals surface area contributed by atoms with E-state index in [1.807, 2.05) is 48.5 Å². The molecule has 2 aromatic carbocycles. The summed E-state index contributed by atoms with van der Waals surface area (Å²) in [4.78, 5) is 11.1. The van der Waals surface area contributed by atoms with Gasteiger partial charge in [0.05, 0.1) is 6.04 Å². The number of hydrogen-bond donors (Lipinski definition) is 1. The van der Waals surface area contributed by atoms with Crippen molar-refractivity contribution in [3.05, 3.63) is 77.2 Å². The molecule has 0 aliphatic rings. The fraction of sp³-hybridized carbons (Fsp3) is 0.118. The van der Waals surface area contributed by atoms with Crippen LogP contribution in [0.25, 0.3) is 6.08 Å². The van der Waals surface area contributed by atoms with Crippen molar-refractivity contribution in [2.45, 2.75) is 12.5 Å². The highest BCUT2D eigenvalue weighted by atomic mass is 32.2. The number of sulfonamides is 1. The fourth-order valence-electron chi connectivity index (χ4n) is 1.97. The Hall–Kier alpha value is -2.24. The Kier molecular flexibility index (Phi) is 5.63. The zero-order valence-electron chi connectivity index (χ0n) is 11.9. The first-order valence-corrected chi connectivity index (χ1v) is 8.38. The van der Waals surface area contributed by atoms with Gasteiger partial charge in [-0.3, -0.25) is 0 Å². The van der Waals surface area contributed by atoms with Gasteiger partial charge >= 0.3 is 0 Å². The zero-order chi connectivity index (χ0) is 15.8. The second kappa shape index (κ2) is 7.68. The van der Waals surface area contributed by atoms with Gasteiger partial charge in [0.1, 0.15) is 6.29 Å². The standard InChI is InChI=1S/C17H17NO3S/c19-14-17(13-16-9-5-2-6-10-16)18-22(20,21)12-11-15-7-3-1-4-8-15/h1-12,14,17-18H,13H2/b12-11+/t17-/m0/s1. The lowest BCUT2D eigenvalue weighted by Crippen LogP contribution is -2.36. The lowest BCUT2D eigenvalue weighted by atomic mass is 10.1. The van der Waals surface area contributed by atoms with Crippen LogP contribution >= 0.6 is 0 Å². The molecule has 114 valence electrons. The summed E-state index contributed by atoms with van der Waals surface area (Å²) in [7, 11) is -3.67. The molecular weight excluding hydrogens is 298 g/mol. The van der Waals surface area contributed by atoms with Crippen LogP contribution in [-0.2, 0) is 21.2 Å². The first-order chi connectivity index (χ1) is 10.6. The van der Waals surface area contributed by atoms with E-state index in [0.29, 0.717) is 12.7 Å². The van der Waals surface area contributed by atoms with E-state index in [1.54, 1.807) is 12.1 Å². The third kappa shape index (κ3) is 5.27. The summed E-state index contributed by atoms with van der Waals surface area (Å²) in [5.74, 6) is 0. The van der Waals surface area contributed by atoms with E-state index in [4.69, 9.17) is 0 Å². The van der Waals surface area contributed by atoms with Crippen molar-refractivity contribution < 1.29 is 13.2 Å². The van der Waals surface area contributed by atoms with E-state index in [9.17, 15) is 13.2 Å². The highest BCUT2D eigenvalue weighted by Crippen LogP contribution is 2.06. The summed E-state index contributed by atoms with van der Waals surface area (Å²) >= 11 is 0. The van der Waals surface area contributed by atoms with Crippen LogP contribution in [0.2, 0.25) is 0 Å². The number of carbonyl (C=O) groups is 1. The molecule has 0 aliphatic heterocycles. The predicted molar refractivity (Wildman–Crippen MR) is 87.5 cm³/mol. The SMILES string of the molecule is O=C[C@H](Cc1ccccc1)NS(=O)(=O)/C=C/c1ccccc1. The van der Waals surface area contributed by atoms with Gasteiger partial charge < -0.3 is 4.79 Å². The van der Waals surface area contributed by atoms with Crippen LogP contribution in [0.15, 0.2) is 66.1 Å². The van der Waals surface area contributed by atoms with Gasteiger partial charge in [-0.15, -0.1) is 0 Å². The van der Waals surface area contributed by atoms with Crippen LogP contribution in [-0.4, -0.2) is 20.7 Å². The molecule has 1 N–H and O–H groups in total. The quantitative estimate of drug-likeness (QED) is 0.798. The Balaban J connectivity index is 2.03. The van der Waals surface area contributed by atoms with E-state index < -0.39 is 16.1 Å². The molecule has 4 nitrogen and oxygen atoms in total. The number of hydrogen-bond acceptors (Lipinski definition) is 3. The van der Waals surface area contributed by atoms with Crippen LogP contribution in [0.4, 0.5) is 0 Å². The molecule has 0 bridgehead atoms. The van der Waals surface area contributed by atoms with Crippen LogP contribution < -0.4 is 4.72 Å². The Morgan fingerprint density at radius 2 is 1.55 bits per heavy atom. The topological polar surface area (TPSA) is 63.2 Å². The summed E-state index contributed by atoms with van der Waals surface area (Å²) in [6.45, 7) is 0. The maximum atomic E-state index is 12.0. The van der Waals surface area contributed by atoms with E-state index in [2.05, 4.69) is 4.72 Å². The van der Waals surface area contributed by atoms with Gasteiger partial charge in [0.2, 0.25) is 10.0 Å². The first-order valence-electron chi connectivity index (χ1n) is 6.84. The highest BCUT2D eigenvalue weighted by Gasteiger charge is 2.15. The number of rotatable bonds is 7. The maximum absolute atomic E-state index is 12.0. The number of benzene rings is 2. The number of aldehydes is 1. The van der Waals surface area contributed by atoms with Gasteiger partial charge in [-0.2, -0.15) is 0 Å². The van der Waals surface area contributed by atoms with Crippen molar-refractivity contribution in [2.75, 3.05) is 0 Å². The van der Waals surface area contributed by atoms with Gasteiger partial charge in [-0.1, -0.05) is 60.7 Å². The molecule has 0 radical (unpaired) electrons. The Morgan fingerprint density at radius 1 is 0.955 bits per heavy atom. The summed E-state index contributed by atoms with van der Waals surface area (Å²) in [6.07, 6.45) is 2.43. The minimum Gasteiger partial charge on any atom is -0.302 e. The smallest absolute Gasteiger partial charge is 0.234 e. The molecule has 1 atom stereocenters. The molecule has 0 fully saturated rings. The average molecular weight is 315 g/mol. The molecule has 0 aliphatic carbocycles. The molecule has 0 saturated carbocycles. The summed E-state index contributed by atoms with van der Waals surface area (Å²) in [5.41, 5.74) is 1.67. The Labute approximate surface area is 130 Å². The molecule has 0 saturated heterocycles. The monoisotopic (exact) mass is 315 g/mol.